The van der Waals surface area contributed by atoms with Crippen LogP contribution >= 0.6 is 0 Å². The van der Waals surface area contributed by atoms with Crippen molar-refractivity contribution in [3.63, 3.8) is 0 Å². The highest BCUT2D eigenvalue weighted by molar-refractivity contribution is 7.87. The Hall–Kier alpha value is -2.21. The van der Waals surface area contributed by atoms with Gasteiger partial charge in [0.05, 0.1) is 0 Å². The molecule has 0 radical (unpaired) electrons. The zero-order valence-corrected chi connectivity index (χ0v) is 15.3. The third kappa shape index (κ3) is 3.97. The van der Waals surface area contributed by atoms with E-state index in [1.807, 2.05) is 0 Å². The summed E-state index contributed by atoms with van der Waals surface area (Å²) in [5.41, 5.74) is -8.09. The summed E-state index contributed by atoms with van der Waals surface area (Å²) in [5.74, 6) is -4.11. The second kappa shape index (κ2) is 7.66. The van der Waals surface area contributed by atoms with Crippen LogP contribution in [0.1, 0.15) is 30.1 Å². The predicted molar refractivity (Wildman–Crippen MR) is 87.4 cm³/mol. The van der Waals surface area contributed by atoms with Crippen LogP contribution in [0.15, 0.2) is 30.3 Å². The average molecular weight is 427 g/mol. The number of halogens is 4. The number of carboxylic acids is 1. The average Bonchev–Trinajstić information content (AvgIpc) is 2.86. The summed E-state index contributed by atoms with van der Waals surface area (Å²) in [6, 6.07) is 7.30. The highest BCUT2D eigenvalue weighted by atomic mass is 32.2. The number of carbonyl (C=O) groups excluding carboxylic acids is 1. The lowest BCUT2D eigenvalue weighted by Crippen LogP contribution is -2.58. The summed E-state index contributed by atoms with van der Waals surface area (Å²) in [5, 5.41) is 11.8. The van der Waals surface area contributed by atoms with Gasteiger partial charge in [0.1, 0.15) is 17.8 Å². The molecule has 156 valence electrons. The summed E-state index contributed by atoms with van der Waals surface area (Å²) in [7, 11) is -6.15. The molecular formula is C16H17F4NO6S. The molecule has 1 aromatic rings. The van der Waals surface area contributed by atoms with Gasteiger partial charge in [-0.05, 0) is 18.6 Å². The second-order valence-electron chi connectivity index (χ2n) is 6.29. The third-order valence-electron chi connectivity index (χ3n) is 4.62. The minimum Gasteiger partial charge on any atom is -0.479 e. The van der Waals surface area contributed by atoms with Gasteiger partial charge in [-0.2, -0.15) is 21.6 Å². The van der Waals surface area contributed by atoms with Gasteiger partial charge in [-0.15, -0.1) is 0 Å². The fraction of sp³-hybridized carbons (Fsp3) is 0.500. The van der Waals surface area contributed by atoms with E-state index in [0.717, 1.165) is 0 Å². The molecule has 28 heavy (non-hydrogen) atoms. The first kappa shape index (κ1) is 22.1. The van der Waals surface area contributed by atoms with Crippen LogP contribution in [0, 0.1) is 5.92 Å². The highest BCUT2D eigenvalue weighted by Crippen LogP contribution is 2.44. The fourth-order valence-corrected chi connectivity index (χ4v) is 3.91. The van der Waals surface area contributed by atoms with Crippen molar-refractivity contribution >= 4 is 22.0 Å². The molecule has 1 fully saturated rings. The smallest absolute Gasteiger partial charge is 0.479 e. The number of alkyl halides is 4. The molecule has 1 aliphatic rings. The highest BCUT2D eigenvalue weighted by Gasteiger charge is 2.62. The van der Waals surface area contributed by atoms with Crippen LogP contribution in [-0.2, 0) is 19.1 Å². The molecule has 1 amide bonds. The van der Waals surface area contributed by atoms with Gasteiger partial charge in [-0.1, -0.05) is 25.1 Å². The summed E-state index contributed by atoms with van der Waals surface area (Å²) < 4.78 is 78.8. The minimum absolute atomic E-state index is 0.0423. The van der Waals surface area contributed by atoms with Crippen LogP contribution in [0.5, 0.6) is 0 Å². The molecule has 0 bridgehead atoms. The van der Waals surface area contributed by atoms with Crippen molar-refractivity contribution in [1.29, 1.82) is 0 Å². The van der Waals surface area contributed by atoms with Crippen molar-refractivity contribution in [2.75, 3.05) is 0 Å². The van der Waals surface area contributed by atoms with Gasteiger partial charge in [0.2, 0.25) is 0 Å². The summed E-state index contributed by atoms with van der Waals surface area (Å²) in [6.45, 7) is 1.37. The van der Waals surface area contributed by atoms with E-state index in [0.29, 0.717) is 0 Å². The number of hydrogen-bond acceptors (Lipinski definition) is 5. The van der Waals surface area contributed by atoms with Crippen LogP contribution < -0.4 is 5.32 Å². The van der Waals surface area contributed by atoms with Crippen molar-refractivity contribution in [2.24, 2.45) is 5.92 Å². The van der Waals surface area contributed by atoms with Crippen LogP contribution in [0.2, 0.25) is 0 Å². The molecule has 2 N–H and O–H groups in total. The molecule has 1 aromatic carbocycles. The molecule has 4 atom stereocenters. The first-order chi connectivity index (χ1) is 12.9. The fourth-order valence-electron chi connectivity index (χ4n) is 3.30. The number of hydrogen-bond donors (Lipinski definition) is 2. The minimum atomic E-state index is -6.15. The largest absolute Gasteiger partial charge is 0.523 e. The molecule has 4 unspecified atom stereocenters. The van der Waals surface area contributed by atoms with E-state index in [-0.39, 0.29) is 12.0 Å². The predicted octanol–water partition coefficient (Wildman–Crippen LogP) is 2.24. The molecule has 2 rings (SSSR count). The molecule has 0 heterocycles. The van der Waals surface area contributed by atoms with E-state index in [1.54, 1.807) is 6.07 Å². The van der Waals surface area contributed by atoms with Crippen LogP contribution in [0.3, 0.4) is 0 Å². The van der Waals surface area contributed by atoms with Gasteiger partial charge in [0.25, 0.3) is 5.91 Å². The van der Waals surface area contributed by atoms with Crippen molar-refractivity contribution in [3.8, 4) is 0 Å². The molecule has 7 nitrogen and oxygen atoms in total. The Bertz CT molecular complexity index is 844. The number of rotatable bonds is 6. The van der Waals surface area contributed by atoms with E-state index in [2.05, 4.69) is 9.50 Å². The molecule has 0 aliphatic heterocycles. The first-order valence-electron chi connectivity index (χ1n) is 8.10. The van der Waals surface area contributed by atoms with Gasteiger partial charge < -0.3 is 10.4 Å². The third-order valence-corrected chi connectivity index (χ3v) is 5.69. The first-order valence-corrected chi connectivity index (χ1v) is 9.51. The zero-order chi connectivity index (χ0) is 21.3. The number of benzene rings is 1. The van der Waals surface area contributed by atoms with Gasteiger partial charge in [-0.3, -0.25) is 8.98 Å². The Kier molecular flexibility index (Phi) is 6.04. The SMILES string of the molecule is CCC1C(F)C(OS(=O)(=O)C(F)(F)F)CC1(NC(=O)c1ccccc1)C(=O)O. The number of carboxylic acid groups (broad SMARTS) is 1. The number of carbonyl (C=O) groups is 2. The van der Waals surface area contributed by atoms with Crippen LogP contribution in [0.4, 0.5) is 17.6 Å². The molecule has 1 aliphatic carbocycles. The van der Waals surface area contributed by atoms with Crippen LogP contribution in [-0.4, -0.2) is 48.7 Å². The monoisotopic (exact) mass is 427 g/mol. The van der Waals surface area contributed by atoms with E-state index in [9.17, 15) is 40.7 Å². The van der Waals surface area contributed by atoms with E-state index < -0.39 is 57.7 Å². The Labute approximate surface area is 157 Å². The Morgan fingerprint density at radius 1 is 1.29 bits per heavy atom. The Morgan fingerprint density at radius 2 is 1.86 bits per heavy atom. The van der Waals surface area contributed by atoms with Gasteiger partial charge >= 0.3 is 21.6 Å². The van der Waals surface area contributed by atoms with Crippen molar-refractivity contribution in [3.05, 3.63) is 35.9 Å². The van der Waals surface area contributed by atoms with Crippen molar-refractivity contribution < 1.29 is 44.9 Å². The summed E-state index contributed by atoms with van der Waals surface area (Å²) in [6.07, 6.45) is -5.78. The quantitative estimate of drug-likeness (QED) is 0.409. The van der Waals surface area contributed by atoms with Gasteiger partial charge in [-0.25, -0.2) is 9.18 Å². The Morgan fingerprint density at radius 3 is 2.32 bits per heavy atom. The maximum absolute atomic E-state index is 14.7. The van der Waals surface area contributed by atoms with Crippen molar-refractivity contribution in [2.45, 2.75) is 43.1 Å². The second-order valence-corrected chi connectivity index (χ2v) is 7.86. The van der Waals surface area contributed by atoms with E-state index in [1.165, 1.54) is 31.2 Å². The zero-order valence-electron chi connectivity index (χ0n) is 14.4. The molecule has 0 saturated heterocycles. The van der Waals surface area contributed by atoms with Gasteiger partial charge in [0.15, 0.2) is 0 Å². The maximum Gasteiger partial charge on any atom is 0.523 e. The summed E-state index contributed by atoms with van der Waals surface area (Å²) >= 11 is 0. The molecule has 12 heteroatoms. The van der Waals surface area contributed by atoms with Crippen molar-refractivity contribution in [1.82, 2.24) is 5.32 Å². The number of aliphatic carboxylic acids is 1. The number of nitrogens with one attached hydrogen (secondary N) is 1. The normalized spacial score (nSPS) is 28.1. The molecule has 0 spiro atoms. The summed E-state index contributed by atoms with van der Waals surface area (Å²) in [4.78, 5) is 24.3. The lowest BCUT2D eigenvalue weighted by Gasteiger charge is -2.31. The molecular weight excluding hydrogens is 410 g/mol. The topological polar surface area (TPSA) is 110 Å². The standard InChI is InChI=1S/C16H17F4NO6S/c1-2-10-12(17)11(27-28(25,26)16(18,19)20)8-15(10,14(23)24)21-13(22)9-6-4-3-5-7-9/h3-7,10-12H,2,8H2,1H3,(H,21,22)(H,23,24). The van der Waals surface area contributed by atoms with Crippen LogP contribution in [0.25, 0.3) is 0 Å². The Balaban J connectivity index is 2.38. The lowest BCUT2D eigenvalue weighted by atomic mass is 9.84. The molecule has 1 saturated carbocycles. The van der Waals surface area contributed by atoms with E-state index >= 15 is 0 Å². The molecule has 0 aromatic heterocycles. The number of amides is 1. The van der Waals surface area contributed by atoms with E-state index in [4.69, 9.17) is 0 Å². The lowest BCUT2D eigenvalue weighted by molar-refractivity contribution is -0.146. The van der Waals surface area contributed by atoms with Gasteiger partial charge in [0, 0.05) is 17.9 Å². The maximum atomic E-state index is 14.7.